The van der Waals surface area contributed by atoms with Crippen LogP contribution in [0.1, 0.15) is 28.2 Å². The number of carbonyl (C=O) groups excluding carboxylic acids is 1. The van der Waals surface area contributed by atoms with Crippen molar-refractivity contribution in [1.82, 2.24) is 14.6 Å². The number of halogens is 4. The van der Waals surface area contributed by atoms with E-state index in [1.54, 1.807) is 24.3 Å². The monoisotopic (exact) mass is 516 g/mol. The van der Waals surface area contributed by atoms with Crippen LogP contribution < -0.4 is 14.4 Å². The predicted octanol–water partition coefficient (Wildman–Crippen LogP) is 5.68. The lowest BCUT2D eigenvalue weighted by Gasteiger charge is -2.28. The molecule has 0 N–H and O–H groups in total. The summed E-state index contributed by atoms with van der Waals surface area (Å²) < 4.78 is 53.4. The average molecular weight is 517 g/mol. The molecule has 186 valence electrons. The molecule has 0 atom stereocenters. The van der Waals surface area contributed by atoms with Gasteiger partial charge in [-0.1, -0.05) is 29.8 Å². The van der Waals surface area contributed by atoms with Crippen LogP contribution in [0.15, 0.2) is 48.5 Å². The van der Waals surface area contributed by atoms with Crippen molar-refractivity contribution in [2.24, 2.45) is 0 Å². The highest BCUT2D eigenvalue weighted by molar-refractivity contribution is 6.37. The third kappa shape index (κ3) is 4.01. The summed E-state index contributed by atoms with van der Waals surface area (Å²) in [6.45, 7) is 0.399. The molecule has 4 aromatic rings. The van der Waals surface area contributed by atoms with Gasteiger partial charge in [-0.2, -0.15) is 18.3 Å². The van der Waals surface area contributed by atoms with Crippen LogP contribution in [0.4, 0.5) is 18.9 Å². The molecule has 0 saturated carbocycles. The van der Waals surface area contributed by atoms with Gasteiger partial charge in [0.25, 0.3) is 5.91 Å². The number of carbonyl (C=O) groups is 1. The highest BCUT2D eigenvalue weighted by Crippen LogP contribution is 2.37. The Balaban J connectivity index is 1.67. The summed E-state index contributed by atoms with van der Waals surface area (Å²) in [5.74, 6) is 0.151. The van der Waals surface area contributed by atoms with Crippen LogP contribution in [0, 0.1) is 0 Å². The lowest BCUT2D eigenvalue weighted by atomic mass is 10.0. The number of ether oxygens (including phenoxy) is 2. The van der Waals surface area contributed by atoms with Crippen molar-refractivity contribution in [3.63, 3.8) is 0 Å². The van der Waals surface area contributed by atoms with E-state index in [-0.39, 0.29) is 22.1 Å². The number of anilines is 1. The first kappa shape index (κ1) is 23.9. The van der Waals surface area contributed by atoms with Crippen LogP contribution >= 0.6 is 11.6 Å². The molecule has 11 heteroatoms. The summed E-state index contributed by atoms with van der Waals surface area (Å²) in [7, 11) is 2.87. The molecule has 2 aromatic heterocycles. The van der Waals surface area contributed by atoms with E-state index >= 15 is 0 Å². The number of hydrogen-bond acceptors (Lipinski definition) is 5. The SMILES string of the molecule is COc1ccc(-c2cc(C(F)(F)F)n3nc(C(=O)N4CCCc5ccccc54)c(Cl)c3n2)cc1OC. The summed E-state index contributed by atoms with van der Waals surface area (Å²) >= 11 is 6.48. The lowest BCUT2D eigenvalue weighted by Crippen LogP contribution is -2.35. The number of hydrogen-bond donors (Lipinski definition) is 0. The van der Waals surface area contributed by atoms with E-state index in [0.29, 0.717) is 40.2 Å². The van der Waals surface area contributed by atoms with E-state index in [1.165, 1.54) is 25.2 Å². The van der Waals surface area contributed by atoms with Crippen LogP contribution in [-0.2, 0) is 12.6 Å². The molecule has 2 aromatic carbocycles. The van der Waals surface area contributed by atoms with Gasteiger partial charge in [-0.15, -0.1) is 0 Å². The van der Waals surface area contributed by atoms with Crippen LogP contribution in [-0.4, -0.2) is 41.3 Å². The van der Waals surface area contributed by atoms with Gasteiger partial charge in [0.2, 0.25) is 0 Å². The van der Waals surface area contributed by atoms with Gasteiger partial charge in [0.1, 0.15) is 5.02 Å². The first-order valence-corrected chi connectivity index (χ1v) is 11.4. The summed E-state index contributed by atoms with van der Waals surface area (Å²) in [5.41, 5.74) is 0.312. The van der Waals surface area contributed by atoms with Crippen LogP contribution in [0.2, 0.25) is 5.02 Å². The number of para-hydroxylation sites is 1. The van der Waals surface area contributed by atoms with Gasteiger partial charge in [0.05, 0.1) is 19.9 Å². The van der Waals surface area contributed by atoms with E-state index in [1.807, 2.05) is 12.1 Å². The molecule has 1 amide bonds. The number of nitrogens with zero attached hydrogens (tertiary/aromatic N) is 4. The van der Waals surface area contributed by atoms with E-state index in [2.05, 4.69) is 10.1 Å². The second-order valence-corrected chi connectivity index (χ2v) is 8.56. The molecule has 0 spiro atoms. The van der Waals surface area contributed by atoms with Gasteiger partial charge < -0.3 is 14.4 Å². The Bertz CT molecular complexity index is 1490. The molecular weight excluding hydrogens is 497 g/mol. The Morgan fingerprint density at radius 1 is 1.06 bits per heavy atom. The average Bonchev–Trinajstić information content (AvgIpc) is 3.22. The normalized spacial score (nSPS) is 13.6. The van der Waals surface area contributed by atoms with Gasteiger partial charge in [-0.25, -0.2) is 9.50 Å². The second-order valence-electron chi connectivity index (χ2n) is 8.18. The molecule has 3 heterocycles. The topological polar surface area (TPSA) is 69.0 Å². The van der Waals surface area contributed by atoms with Crippen molar-refractivity contribution in [2.75, 3.05) is 25.7 Å². The van der Waals surface area contributed by atoms with E-state index < -0.39 is 17.8 Å². The van der Waals surface area contributed by atoms with Gasteiger partial charge in [-0.3, -0.25) is 4.79 Å². The Hall–Kier alpha value is -3.79. The summed E-state index contributed by atoms with van der Waals surface area (Å²) in [6, 6.07) is 12.9. The fourth-order valence-corrected chi connectivity index (χ4v) is 4.59. The van der Waals surface area contributed by atoms with Crippen molar-refractivity contribution >= 4 is 28.8 Å². The third-order valence-electron chi connectivity index (χ3n) is 6.06. The molecule has 0 fully saturated rings. The molecule has 5 rings (SSSR count). The highest BCUT2D eigenvalue weighted by atomic mass is 35.5. The molecule has 0 bridgehead atoms. The lowest BCUT2D eigenvalue weighted by molar-refractivity contribution is -0.142. The zero-order valence-corrected chi connectivity index (χ0v) is 20.0. The Labute approximate surface area is 209 Å². The number of alkyl halides is 3. The zero-order valence-electron chi connectivity index (χ0n) is 19.3. The minimum absolute atomic E-state index is 0.0140. The minimum atomic E-state index is -4.79. The van der Waals surface area contributed by atoms with Crippen LogP contribution in [0.25, 0.3) is 16.9 Å². The smallest absolute Gasteiger partial charge is 0.433 e. The maximum atomic E-state index is 14.1. The molecular formula is C25H20ClF3N4O3. The fraction of sp³-hybridized carbons (Fsp3) is 0.240. The second kappa shape index (κ2) is 9.02. The molecule has 0 radical (unpaired) electrons. The molecule has 0 aliphatic carbocycles. The van der Waals surface area contributed by atoms with Gasteiger partial charge in [0.15, 0.2) is 28.5 Å². The number of rotatable bonds is 4. The summed E-state index contributed by atoms with van der Waals surface area (Å²) in [4.78, 5) is 19.3. The first-order valence-electron chi connectivity index (χ1n) is 11.0. The number of benzene rings is 2. The zero-order chi connectivity index (χ0) is 25.6. The quantitative estimate of drug-likeness (QED) is 0.349. The molecule has 0 saturated heterocycles. The van der Waals surface area contributed by atoms with Crippen molar-refractivity contribution in [2.45, 2.75) is 19.0 Å². The maximum Gasteiger partial charge on any atom is 0.433 e. The molecule has 1 aliphatic rings. The summed E-state index contributed by atoms with van der Waals surface area (Å²) in [6.07, 6.45) is -3.28. The molecule has 0 unspecified atom stereocenters. The standard InChI is InChI=1S/C25H20ClF3N4O3/c1-35-18-10-9-15(12-19(18)36-2)16-13-20(25(27,28)29)33-23(30-16)21(26)22(31-33)24(34)32-11-5-7-14-6-3-4-8-17(14)32/h3-4,6,8-10,12-13H,5,7,11H2,1-2H3. The predicted molar refractivity (Wildman–Crippen MR) is 128 cm³/mol. The third-order valence-corrected chi connectivity index (χ3v) is 6.41. The van der Waals surface area contributed by atoms with E-state index in [4.69, 9.17) is 21.1 Å². The van der Waals surface area contributed by atoms with E-state index in [9.17, 15) is 18.0 Å². The molecule has 7 nitrogen and oxygen atoms in total. The van der Waals surface area contributed by atoms with Crippen LogP contribution in [0.3, 0.4) is 0 Å². The van der Waals surface area contributed by atoms with Crippen molar-refractivity contribution in [1.29, 1.82) is 0 Å². The molecule has 36 heavy (non-hydrogen) atoms. The fourth-order valence-electron chi connectivity index (χ4n) is 4.35. The highest BCUT2D eigenvalue weighted by Gasteiger charge is 2.37. The first-order chi connectivity index (χ1) is 17.2. The van der Waals surface area contributed by atoms with Gasteiger partial charge in [-0.05, 0) is 48.7 Å². The Kier molecular flexibility index (Phi) is 5.99. The number of aryl methyl sites for hydroxylation is 1. The van der Waals surface area contributed by atoms with E-state index in [0.717, 1.165) is 18.1 Å². The largest absolute Gasteiger partial charge is 0.493 e. The maximum absolute atomic E-state index is 14.1. The van der Waals surface area contributed by atoms with Crippen LogP contribution in [0.5, 0.6) is 11.5 Å². The number of methoxy groups -OCH3 is 2. The van der Waals surface area contributed by atoms with Crippen molar-refractivity contribution in [3.05, 3.63) is 70.5 Å². The Morgan fingerprint density at radius 3 is 2.53 bits per heavy atom. The van der Waals surface area contributed by atoms with Gasteiger partial charge >= 0.3 is 6.18 Å². The number of amides is 1. The number of aromatic nitrogens is 3. The summed E-state index contributed by atoms with van der Waals surface area (Å²) in [5, 5.41) is 3.74. The Morgan fingerprint density at radius 2 is 1.81 bits per heavy atom. The van der Waals surface area contributed by atoms with Crippen molar-refractivity contribution in [3.8, 4) is 22.8 Å². The number of fused-ring (bicyclic) bond motifs is 2. The van der Waals surface area contributed by atoms with Gasteiger partial charge in [0, 0.05) is 17.8 Å². The van der Waals surface area contributed by atoms with Crippen molar-refractivity contribution < 1.29 is 27.4 Å². The molecule has 1 aliphatic heterocycles. The minimum Gasteiger partial charge on any atom is -0.493 e.